The monoisotopic (exact) mass is 384 g/mol. The van der Waals surface area contributed by atoms with Gasteiger partial charge in [-0.1, -0.05) is 24.3 Å². The number of carbonyl (C=O) groups excluding carboxylic acids is 1. The van der Waals surface area contributed by atoms with E-state index in [4.69, 9.17) is 0 Å². The number of hydrogen-bond donors (Lipinski definition) is 2. The van der Waals surface area contributed by atoms with E-state index in [9.17, 15) is 13.2 Å². The van der Waals surface area contributed by atoms with Crippen LogP contribution >= 0.6 is 0 Å². The molecule has 0 bridgehead atoms. The van der Waals surface area contributed by atoms with Gasteiger partial charge in [0.2, 0.25) is 5.91 Å². The minimum atomic E-state index is -3.65. The fourth-order valence-corrected chi connectivity index (χ4v) is 4.78. The second-order valence-corrected chi connectivity index (χ2v) is 9.43. The van der Waals surface area contributed by atoms with Gasteiger partial charge < -0.3 is 5.32 Å². The van der Waals surface area contributed by atoms with Gasteiger partial charge >= 0.3 is 0 Å². The van der Waals surface area contributed by atoms with Crippen LogP contribution in [0, 0.1) is 13.8 Å². The van der Waals surface area contributed by atoms with Gasteiger partial charge in [0.1, 0.15) is 0 Å². The average Bonchev–Trinajstić information content (AvgIpc) is 3.51. The Labute approximate surface area is 160 Å². The van der Waals surface area contributed by atoms with Gasteiger partial charge in [-0.3, -0.25) is 9.52 Å². The van der Waals surface area contributed by atoms with Crippen molar-refractivity contribution in [3.63, 3.8) is 0 Å². The summed E-state index contributed by atoms with van der Waals surface area (Å²) >= 11 is 0. The van der Waals surface area contributed by atoms with Gasteiger partial charge in [-0.2, -0.15) is 0 Å². The molecule has 2 fully saturated rings. The highest BCUT2D eigenvalue weighted by molar-refractivity contribution is 7.92. The molecule has 0 saturated heterocycles. The molecule has 2 aliphatic rings. The second-order valence-electron chi connectivity index (χ2n) is 7.78. The summed E-state index contributed by atoms with van der Waals surface area (Å²) < 4.78 is 28.1. The number of sulfonamides is 1. The second kappa shape index (κ2) is 6.37. The zero-order valence-electron chi connectivity index (χ0n) is 15.6. The Bertz CT molecular complexity index is 989. The molecule has 0 atom stereocenters. The van der Waals surface area contributed by atoms with Gasteiger partial charge in [0, 0.05) is 11.7 Å². The van der Waals surface area contributed by atoms with Gasteiger partial charge in [0.25, 0.3) is 10.0 Å². The predicted molar refractivity (Wildman–Crippen MR) is 105 cm³/mol. The molecule has 0 radical (unpaired) electrons. The van der Waals surface area contributed by atoms with Crippen LogP contribution in [0.15, 0.2) is 47.4 Å². The van der Waals surface area contributed by atoms with Gasteiger partial charge in [0.05, 0.1) is 10.3 Å². The maximum Gasteiger partial charge on any atom is 0.262 e. The molecule has 2 N–H and O–H groups in total. The zero-order valence-corrected chi connectivity index (χ0v) is 16.4. The first-order valence-electron chi connectivity index (χ1n) is 9.32. The van der Waals surface area contributed by atoms with Crippen molar-refractivity contribution in [1.29, 1.82) is 0 Å². The first-order valence-corrected chi connectivity index (χ1v) is 10.8. The molecule has 0 aliphatic heterocycles. The van der Waals surface area contributed by atoms with Crippen LogP contribution in [0.2, 0.25) is 0 Å². The number of rotatable bonds is 6. The summed E-state index contributed by atoms with van der Waals surface area (Å²) in [7, 11) is -3.65. The number of hydrogen-bond acceptors (Lipinski definition) is 3. The predicted octanol–water partition coefficient (Wildman–Crippen LogP) is 3.41. The molecule has 0 spiro atoms. The van der Waals surface area contributed by atoms with E-state index in [1.54, 1.807) is 25.1 Å². The van der Waals surface area contributed by atoms with Gasteiger partial charge in [-0.25, -0.2) is 8.42 Å². The minimum absolute atomic E-state index is 0.105. The summed E-state index contributed by atoms with van der Waals surface area (Å²) in [5.74, 6) is 0.105. The standard InChI is InChI=1S/C21H24N2O3S/c1-14-3-4-15(2)19(13-14)27(25,26)23-18-7-5-16(6-8-18)21(11-12-21)20(24)22-17-9-10-17/h3-8,13,17,23H,9-12H2,1-2H3,(H,22,24). The Balaban J connectivity index is 1.52. The minimum Gasteiger partial charge on any atom is -0.353 e. The Morgan fingerprint density at radius 2 is 1.70 bits per heavy atom. The molecule has 4 rings (SSSR count). The maximum atomic E-state index is 12.7. The van der Waals surface area contributed by atoms with E-state index in [1.165, 1.54) is 0 Å². The SMILES string of the molecule is Cc1ccc(C)c(S(=O)(=O)Nc2ccc(C3(C(=O)NC4CC4)CC3)cc2)c1. The van der Waals surface area contributed by atoms with Crippen molar-refractivity contribution in [2.75, 3.05) is 4.72 Å². The largest absolute Gasteiger partial charge is 0.353 e. The Hall–Kier alpha value is -2.34. The molecular weight excluding hydrogens is 360 g/mol. The summed E-state index contributed by atoms with van der Waals surface area (Å²) in [4.78, 5) is 12.8. The molecule has 6 heteroatoms. The molecule has 2 aliphatic carbocycles. The molecule has 2 saturated carbocycles. The molecule has 5 nitrogen and oxygen atoms in total. The highest BCUT2D eigenvalue weighted by atomic mass is 32.2. The lowest BCUT2D eigenvalue weighted by Crippen LogP contribution is -2.36. The van der Waals surface area contributed by atoms with Crippen molar-refractivity contribution in [3.8, 4) is 0 Å². The number of nitrogens with one attached hydrogen (secondary N) is 2. The molecule has 142 valence electrons. The molecule has 0 aromatic heterocycles. The lowest BCUT2D eigenvalue weighted by atomic mass is 9.95. The third-order valence-electron chi connectivity index (χ3n) is 5.42. The van der Waals surface area contributed by atoms with Crippen LogP contribution in [0.4, 0.5) is 5.69 Å². The van der Waals surface area contributed by atoms with Crippen LogP contribution < -0.4 is 10.0 Å². The smallest absolute Gasteiger partial charge is 0.262 e. The number of anilines is 1. The Morgan fingerprint density at radius 3 is 2.30 bits per heavy atom. The van der Waals surface area contributed by atoms with Crippen LogP contribution in [0.25, 0.3) is 0 Å². The number of aryl methyl sites for hydroxylation is 2. The van der Waals surface area contributed by atoms with E-state index >= 15 is 0 Å². The summed E-state index contributed by atoms with van der Waals surface area (Å²) in [5, 5.41) is 3.09. The molecule has 0 heterocycles. The van der Waals surface area contributed by atoms with Crippen molar-refractivity contribution < 1.29 is 13.2 Å². The highest BCUT2D eigenvalue weighted by Crippen LogP contribution is 2.49. The van der Waals surface area contributed by atoms with Crippen molar-refractivity contribution >= 4 is 21.6 Å². The summed E-state index contributed by atoms with van der Waals surface area (Å²) in [6.07, 6.45) is 3.83. The molecule has 27 heavy (non-hydrogen) atoms. The molecule has 2 aromatic carbocycles. The molecule has 1 amide bonds. The summed E-state index contributed by atoms with van der Waals surface area (Å²) in [6.45, 7) is 3.65. The molecule has 2 aromatic rings. The maximum absolute atomic E-state index is 12.7. The Kier molecular flexibility index (Phi) is 4.26. The summed E-state index contributed by atoms with van der Waals surface area (Å²) in [5.41, 5.74) is 2.63. The van der Waals surface area contributed by atoms with E-state index in [0.29, 0.717) is 17.3 Å². The van der Waals surface area contributed by atoms with Crippen molar-refractivity contribution in [3.05, 3.63) is 59.2 Å². The lowest BCUT2D eigenvalue weighted by molar-refractivity contribution is -0.123. The van der Waals surface area contributed by atoms with Crippen LogP contribution in [-0.2, 0) is 20.2 Å². The van der Waals surface area contributed by atoms with Crippen LogP contribution in [0.1, 0.15) is 42.4 Å². The van der Waals surface area contributed by atoms with E-state index in [2.05, 4.69) is 10.0 Å². The van der Waals surface area contributed by atoms with Crippen molar-refractivity contribution in [2.24, 2.45) is 0 Å². The van der Waals surface area contributed by atoms with E-state index in [1.807, 2.05) is 31.2 Å². The number of benzene rings is 2. The molecular formula is C21H24N2O3S. The fraction of sp³-hybridized carbons (Fsp3) is 0.381. The fourth-order valence-electron chi connectivity index (χ4n) is 3.39. The number of amides is 1. The quantitative estimate of drug-likeness (QED) is 0.801. The Morgan fingerprint density at radius 1 is 1.04 bits per heavy atom. The average molecular weight is 385 g/mol. The lowest BCUT2D eigenvalue weighted by Gasteiger charge is -2.16. The van der Waals surface area contributed by atoms with Crippen molar-refractivity contribution in [2.45, 2.75) is 55.9 Å². The van der Waals surface area contributed by atoms with Crippen LogP contribution in [0.5, 0.6) is 0 Å². The van der Waals surface area contributed by atoms with Gasteiger partial charge in [0.15, 0.2) is 0 Å². The third-order valence-corrected chi connectivity index (χ3v) is 6.94. The zero-order chi connectivity index (χ0) is 19.2. The third kappa shape index (κ3) is 3.58. The van der Waals surface area contributed by atoms with Crippen LogP contribution in [0.3, 0.4) is 0 Å². The highest BCUT2D eigenvalue weighted by Gasteiger charge is 2.52. The van der Waals surface area contributed by atoms with E-state index in [-0.39, 0.29) is 10.8 Å². The van der Waals surface area contributed by atoms with Crippen molar-refractivity contribution in [1.82, 2.24) is 5.32 Å². The first kappa shape index (κ1) is 18.0. The van der Waals surface area contributed by atoms with Gasteiger partial charge in [-0.05, 0) is 74.4 Å². The van der Waals surface area contributed by atoms with Gasteiger partial charge in [-0.15, -0.1) is 0 Å². The van der Waals surface area contributed by atoms with E-state index < -0.39 is 15.4 Å². The normalized spacial score (nSPS) is 18.0. The van der Waals surface area contributed by atoms with Crippen LogP contribution in [-0.4, -0.2) is 20.4 Å². The topological polar surface area (TPSA) is 75.3 Å². The number of carbonyl (C=O) groups is 1. The summed E-state index contributed by atoms with van der Waals surface area (Å²) in [6, 6.07) is 12.9. The van der Waals surface area contributed by atoms with E-state index in [0.717, 1.165) is 36.8 Å². The molecule has 0 unspecified atom stereocenters. The first-order chi connectivity index (χ1) is 12.8.